The average molecular weight is 617 g/mol. The molecule has 0 aromatic heterocycles. The van der Waals surface area contributed by atoms with Crippen LogP contribution in [0.2, 0.25) is 0 Å². The predicted octanol–water partition coefficient (Wildman–Crippen LogP) is 5.44. The van der Waals surface area contributed by atoms with Gasteiger partial charge >= 0.3 is 18.2 Å². The first-order chi connectivity index (χ1) is 20.8. The van der Waals surface area contributed by atoms with Crippen molar-refractivity contribution in [2.45, 2.75) is 103 Å². The first-order valence-electron chi connectivity index (χ1n) is 15.3. The van der Waals surface area contributed by atoms with E-state index in [4.69, 9.17) is 20.6 Å². The number of carbonyl (C=O) groups excluding carboxylic acids is 4. The number of fused-ring (bicyclic) bond motifs is 3. The van der Waals surface area contributed by atoms with Gasteiger partial charge in [0.1, 0.15) is 23.6 Å². The van der Waals surface area contributed by atoms with Gasteiger partial charge in [-0.1, -0.05) is 37.1 Å². The fourth-order valence-electron chi connectivity index (χ4n) is 5.69. The average Bonchev–Trinajstić information content (AvgIpc) is 3.36. The van der Waals surface area contributed by atoms with Crippen LogP contribution in [0.25, 0.3) is 0 Å². The van der Waals surface area contributed by atoms with Crippen molar-refractivity contribution < 1.29 is 39.2 Å². The molecule has 3 heterocycles. The van der Waals surface area contributed by atoms with Crippen molar-refractivity contribution in [1.82, 2.24) is 9.80 Å². The fraction of sp³-hybridized carbons (Fsp3) is 0.594. The summed E-state index contributed by atoms with van der Waals surface area (Å²) in [6.07, 6.45) is 8.20. The van der Waals surface area contributed by atoms with Gasteiger partial charge in [-0.3, -0.25) is 19.9 Å². The molecule has 44 heavy (non-hydrogen) atoms. The summed E-state index contributed by atoms with van der Waals surface area (Å²) in [5.41, 5.74) is 5.50. The van der Waals surface area contributed by atoms with Gasteiger partial charge in [0.2, 0.25) is 11.8 Å². The third-order valence-electron chi connectivity index (χ3n) is 7.99. The molecule has 3 N–H and O–H groups in total. The Hall–Kier alpha value is -3.96. The zero-order chi connectivity index (χ0) is 32.0. The number of ether oxygens (including phenoxy) is 3. The van der Waals surface area contributed by atoms with Crippen molar-refractivity contribution in [1.29, 1.82) is 5.41 Å². The second-order valence-corrected chi connectivity index (χ2v) is 12.7. The lowest BCUT2D eigenvalue weighted by molar-refractivity contribution is -0.139. The molecule has 3 amide bonds. The van der Waals surface area contributed by atoms with E-state index < -0.39 is 35.9 Å². The van der Waals surface area contributed by atoms with Gasteiger partial charge in [-0.15, -0.1) is 0 Å². The standard InChI is InChI=1S/C27H32FN3O5.C5H11NO2.H2/c28-22-10-7-9-18-14-30(16-21(18)22)27(34)35-19-13-23-25(29)36-26(33)20-12-17(20)8-5-3-1-2-4-6-11-24(32)31(23)15-19;1-5(2,3)8-4(6)7;/h5,7-10,17,19-20,23,29H,1-4,6,11-16H2;1-3H3,(H2,6,7);1H/b8-5-,29-25?;;/t17-,19-,20+,23?;;/m1../s1. The van der Waals surface area contributed by atoms with Gasteiger partial charge in [-0.25, -0.2) is 14.0 Å². The van der Waals surface area contributed by atoms with Crippen LogP contribution in [0, 0.1) is 23.1 Å². The highest BCUT2D eigenvalue weighted by molar-refractivity contribution is 5.94. The Morgan fingerprint density at radius 2 is 1.86 bits per heavy atom. The largest absolute Gasteiger partial charge is 0.444 e. The number of nitrogens with zero attached hydrogens (tertiary/aromatic N) is 2. The molecule has 5 rings (SSSR count). The highest BCUT2D eigenvalue weighted by atomic mass is 19.1. The van der Waals surface area contributed by atoms with Crippen molar-refractivity contribution >= 4 is 30.0 Å². The zero-order valence-corrected chi connectivity index (χ0v) is 25.7. The molecule has 0 bridgehead atoms. The molecule has 3 aliphatic heterocycles. The number of benzene rings is 1. The van der Waals surface area contributed by atoms with Crippen LogP contribution in [0.1, 0.15) is 84.7 Å². The van der Waals surface area contributed by atoms with E-state index >= 15 is 0 Å². The topological polar surface area (TPSA) is 152 Å². The van der Waals surface area contributed by atoms with Gasteiger partial charge in [-0.2, -0.15) is 0 Å². The van der Waals surface area contributed by atoms with Gasteiger partial charge in [0.25, 0.3) is 0 Å². The summed E-state index contributed by atoms with van der Waals surface area (Å²) in [4.78, 5) is 51.4. The summed E-state index contributed by atoms with van der Waals surface area (Å²) >= 11 is 0. The van der Waals surface area contributed by atoms with Gasteiger partial charge in [0, 0.05) is 26.4 Å². The number of primary amides is 1. The van der Waals surface area contributed by atoms with Gasteiger partial charge in [-0.05, 0) is 64.0 Å². The number of cyclic esters (lactones) is 1. The van der Waals surface area contributed by atoms with Crippen LogP contribution in [0.15, 0.2) is 30.4 Å². The van der Waals surface area contributed by atoms with E-state index in [2.05, 4.69) is 16.9 Å². The van der Waals surface area contributed by atoms with Crippen molar-refractivity contribution in [2.75, 3.05) is 6.54 Å². The number of nitrogens with one attached hydrogen (secondary N) is 1. The lowest BCUT2D eigenvalue weighted by atomic mass is 10.1. The van der Waals surface area contributed by atoms with Gasteiger partial charge in [0.05, 0.1) is 19.0 Å². The van der Waals surface area contributed by atoms with E-state index in [1.807, 2.05) is 0 Å². The summed E-state index contributed by atoms with van der Waals surface area (Å²) < 4.78 is 29.8. The van der Waals surface area contributed by atoms with Crippen LogP contribution in [0.3, 0.4) is 0 Å². The normalized spacial score (nSPS) is 26.3. The van der Waals surface area contributed by atoms with Crippen molar-refractivity contribution in [2.24, 2.45) is 17.6 Å². The molecule has 0 radical (unpaired) electrons. The lowest BCUT2D eigenvalue weighted by Gasteiger charge is -2.24. The number of rotatable bonds is 1. The Labute approximate surface area is 258 Å². The Morgan fingerprint density at radius 3 is 2.55 bits per heavy atom. The second kappa shape index (κ2) is 14.2. The van der Waals surface area contributed by atoms with E-state index in [9.17, 15) is 23.6 Å². The molecule has 4 atom stereocenters. The summed E-state index contributed by atoms with van der Waals surface area (Å²) in [5.74, 6) is -1.28. The first kappa shape index (κ1) is 32.9. The number of hydrogen-bond acceptors (Lipinski definition) is 8. The number of nitrogens with two attached hydrogens (primary N) is 1. The summed E-state index contributed by atoms with van der Waals surface area (Å²) in [5, 5.41) is 8.46. The van der Waals surface area contributed by atoms with E-state index in [0.29, 0.717) is 12.0 Å². The molecule has 1 unspecified atom stereocenters. The van der Waals surface area contributed by atoms with E-state index in [1.165, 1.54) is 15.9 Å². The molecule has 1 aliphatic carbocycles. The smallest absolute Gasteiger partial charge is 0.410 e. The minimum Gasteiger partial charge on any atom is -0.444 e. The van der Waals surface area contributed by atoms with Crippen molar-refractivity contribution in [3.63, 3.8) is 0 Å². The highest BCUT2D eigenvalue weighted by Gasteiger charge is 2.46. The number of carbonyl (C=O) groups is 4. The maximum atomic E-state index is 14.1. The van der Waals surface area contributed by atoms with Gasteiger partial charge in [0.15, 0.2) is 0 Å². The Bertz CT molecular complexity index is 1300. The summed E-state index contributed by atoms with van der Waals surface area (Å²) in [6, 6.07) is 4.02. The number of halogens is 1. The predicted molar refractivity (Wildman–Crippen MR) is 161 cm³/mol. The molecule has 1 aromatic carbocycles. The quantitative estimate of drug-likeness (QED) is 0.242. The fourth-order valence-corrected chi connectivity index (χ4v) is 5.69. The summed E-state index contributed by atoms with van der Waals surface area (Å²) in [6.45, 7) is 5.81. The third-order valence-corrected chi connectivity index (χ3v) is 7.99. The van der Waals surface area contributed by atoms with Crippen molar-refractivity contribution in [3.05, 3.63) is 47.3 Å². The number of amides is 3. The molecule has 242 valence electrons. The minimum atomic E-state index is -0.756. The number of allylic oxidation sites excluding steroid dienone is 2. The zero-order valence-electron chi connectivity index (χ0n) is 25.7. The van der Waals surface area contributed by atoms with E-state index in [0.717, 1.165) is 44.1 Å². The van der Waals surface area contributed by atoms with Crippen LogP contribution in [0.5, 0.6) is 0 Å². The van der Waals surface area contributed by atoms with Crippen molar-refractivity contribution in [3.8, 4) is 0 Å². The molecule has 12 heteroatoms. The van der Waals surface area contributed by atoms with Crippen LogP contribution in [-0.4, -0.2) is 64.1 Å². The SMILES string of the molecule is CC(C)(C)OC(N)=O.N=C1OC(=O)[C@H]2C[C@H]2/C=C\CCCCCCC(=O)N2C[C@H](OC(=O)N3Cc4cccc(F)c4C3)CC12.[HH]. The maximum Gasteiger partial charge on any atom is 0.410 e. The Kier molecular flexibility index (Phi) is 10.6. The first-order valence-corrected chi connectivity index (χ1v) is 15.3. The Morgan fingerprint density at radius 1 is 1.11 bits per heavy atom. The minimum absolute atomic E-state index is 0. The number of esters is 1. The molecular weight excluding hydrogens is 571 g/mol. The van der Waals surface area contributed by atoms with Crippen LogP contribution < -0.4 is 5.73 Å². The molecule has 1 aromatic rings. The lowest BCUT2D eigenvalue weighted by Crippen LogP contribution is -2.42. The molecule has 4 aliphatic rings. The van der Waals surface area contributed by atoms with Crippen LogP contribution >= 0.6 is 0 Å². The Balaban J connectivity index is 0.000000544. The highest BCUT2D eigenvalue weighted by Crippen LogP contribution is 2.41. The van der Waals surface area contributed by atoms with Crippen LogP contribution in [0.4, 0.5) is 14.0 Å². The second-order valence-electron chi connectivity index (χ2n) is 12.7. The summed E-state index contributed by atoms with van der Waals surface area (Å²) in [7, 11) is 0. The molecule has 0 spiro atoms. The maximum absolute atomic E-state index is 14.1. The third kappa shape index (κ3) is 9.03. The molecule has 2 fully saturated rings. The van der Waals surface area contributed by atoms with E-state index in [-0.39, 0.29) is 56.9 Å². The van der Waals surface area contributed by atoms with E-state index in [1.54, 1.807) is 32.9 Å². The van der Waals surface area contributed by atoms with Gasteiger partial charge < -0.3 is 24.8 Å². The number of hydrogen-bond donors (Lipinski definition) is 2. The molecule has 1 saturated heterocycles. The molecule has 1 saturated carbocycles. The monoisotopic (exact) mass is 616 g/mol. The molecule has 11 nitrogen and oxygen atoms in total. The molecular formula is C32H45FN4O7. The van der Waals surface area contributed by atoms with Crippen LogP contribution in [-0.2, 0) is 36.9 Å².